The predicted octanol–water partition coefficient (Wildman–Crippen LogP) is 1.50. The molecule has 0 aliphatic rings. The molecule has 0 aromatic heterocycles. The third-order valence-corrected chi connectivity index (χ3v) is 2.33. The first kappa shape index (κ1) is 12.5. The molecule has 0 unspecified atom stereocenters. The largest absolute Gasteiger partial charge is 0.508 e. The first-order valence-corrected chi connectivity index (χ1v) is 5.26. The maximum Gasteiger partial charge on any atom is 0.254 e. The van der Waals surface area contributed by atoms with Crippen LogP contribution in [-0.2, 0) is 4.74 Å². The Morgan fingerprint density at radius 3 is 2.81 bits per heavy atom. The summed E-state index contributed by atoms with van der Waals surface area (Å²) in [6.07, 6.45) is 0. The monoisotopic (exact) mass is 223 g/mol. The minimum Gasteiger partial charge on any atom is -0.508 e. The molecule has 4 heteroatoms. The molecule has 0 heterocycles. The number of ether oxygens (including phenoxy) is 1. The Balaban J connectivity index is 2.74. The van der Waals surface area contributed by atoms with Crippen molar-refractivity contribution in [2.75, 3.05) is 26.8 Å². The number of phenols is 1. The average Bonchev–Trinajstić information content (AvgIpc) is 2.29. The first-order valence-electron chi connectivity index (χ1n) is 5.26. The van der Waals surface area contributed by atoms with E-state index >= 15 is 0 Å². The summed E-state index contributed by atoms with van der Waals surface area (Å²) >= 11 is 0. The summed E-state index contributed by atoms with van der Waals surface area (Å²) in [5, 5.41) is 9.30. The molecule has 0 aliphatic carbocycles. The molecular weight excluding hydrogens is 206 g/mol. The Morgan fingerprint density at radius 2 is 2.25 bits per heavy atom. The van der Waals surface area contributed by atoms with Crippen LogP contribution in [0.25, 0.3) is 0 Å². The topological polar surface area (TPSA) is 49.8 Å². The molecule has 0 atom stereocenters. The number of amides is 1. The van der Waals surface area contributed by atoms with Gasteiger partial charge in [-0.15, -0.1) is 0 Å². The van der Waals surface area contributed by atoms with Crippen LogP contribution in [0.2, 0.25) is 0 Å². The zero-order valence-electron chi connectivity index (χ0n) is 9.64. The van der Waals surface area contributed by atoms with Crippen LogP contribution in [0.3, 0.4) is 0 Å². The Kier molecular flexibility index (Phi) is 4.79. The van der Waals surface area contributed by atoms with Gasteiger partial charge in [-0.3, -0.25) is 4.79 Å². The second-order valence-electron chi connectivity index (χ2n) is 3.43. The highest BCUT2D eigenvalue weighted by Gasteiger charge is 2.13. The van der Waals surface area contributed by atoms with Crippen molar-refractivity contribution in [3.63, 3.8) is 0 Å². The van der Waals surface area contributed by atoms with E-state index in [4.69, 9.17) is 4.74 Å². The number of hydrogen-bond acceptors (Lipinski definition) is 3. The van der Waals surface area contributed by atoms with Crippen molar-refractivity contribution in [2.24, 2.45) is 0 Å². The van der Waals surface area contributed by atoms with Crippen molar-refractivity contribution in [1.29, 1.82) is 0 Å². The minimum absolute atomic E-state index is 0.0875. The average molecular weight is 223 g/mol. The Labute approximate surface area is 95.5 Å². The molecule has 0 saturated heterocycles. The summed E-state index contributed by atoms with van der Waals surface area (Å²) in [5.74, 6) is 0.0177. The zero-order valence-corrected chi connectivity index (χ0v) is 9.64. The van der Waals surface area contributed by atoms with E-state index in [0.717, 1.165) is 0 Å². The van der Waals surface area contributed by atoms with Crippen LogP contribution in [0, 0.1) is 0 Å². The van der Waals surface area contributed by atoms with Gasteiger partial charge < -0.3 is 14.7 Å². The second-order valence-corrected chi connectivity index (χ2v) is 3.43. The summed E-state index contributed by atoms with van der Waals surface area (Å²) < 4.78 is 4.94. The fraction of sp³-hybridized carbons (Fsp3) is 0.417. The van der Waals surface area contributed by atoms with Gasteiger partial charge in [0.1, 0.15) is 5.75 Å². The number of methoxy groups -OCH3 is 1. The van der Waals surface area contributed by atoms with Crippen LogP contribution in [0.5, 0.6) is 5.75 Å². The number of benzene rings is 1. The van der Waals surface area contributed by atoms with Crippen molar-refractivity contribution < 1.29 is 14.6 Å². The lowest BCUT2D eigenvalue weighted by molar-refractivity contribution is 0.0706. The van der Waals surface area contributed by atoms with Crippen LogP contribution in [0.1, 0.15) is 17.3 Å². The molecule has 0 fully saturated rings. The molecule has 88 valence electrons. The molecule has 1 rings (SSSR count). The molecule has 1 amide bonds. The highest BCUT2D eigenvalue weighted by Crippen LogP contribution is 2.12. The van der Waals surface area contributed by atoms with Crippen LogP contribution in [0.4, 0.5) is 0 Å². The Morgan fingerprint density at radius 1 is 1.50 bits per heavy atom. The van der Waals surface area contributed by atoms with Crippen molar-refractivity contribution in [2.45, 2.75) is 6.92 Å². The van der Waals surface area contributed by atoms with Gasteiger partial charge in [0, 0.05) is 25.8 Å². The van der Waals surface area contributed by atoms with E-state index in [9.17, 15) is 9.90 Å². The maximum absolute atomic E-state index is 12.0. The van der Waals surface area contributed by atoms with Gasteiger partial charge in [0.2, 0.25) is 0 Å². The van der Waals surface area contributed by atoms with Crippen LogP contribution >= 0.6 is 0 Å². The fourth-order valence-electron chi connectivity index (χ4n) is 1.43. The normalized spacial score (nSPS) is 10.1. The molecule has 4 nitrogen and oxygen atoms in total. The first-order chi connectivity index (χ1) is 7.69. The quantitative estimate of drug-likeness (QED) is 0.823. The molecule has 1 aromatic carbocycles. The van der Waals surface area contributed by atoms with Crippen molar-refractivity contribution in [3.8, 4) is 5.75 Å². The molecule has 16 heavy (non-hydrogen) atoms. The SMILES string of the molecule is CCN(CCOC)C(=O)c1cccc(O)c1. The predicted molar refractivity (Wildman–Crippen MR) is 61.6 cm³/mol. The van der Waals surface area contributed by atoms with Gasteiger partial charge in [-0.2, -0.15) is 0 Å². The molecule has 1 N–H and O–H groups in total. The number of likely N-dealkylation sites (N-methyl/N-ethyl adjacent to an activating group) is 1. The molecule has 0 spiro atoms. The minimum atomic E-state index is -0.0875. The summed E-state index contributed by atoms with van der Waals surface area (Å²) in [6, 6.07) is 6.37. The number of aromatic hydroxyl groups is 1. The Hall–Kier alpha value is -1.55. The van der Waals surface area contributed by atoms with Crippen molar-refractivity contribution >= 4 is 5.91 Å². The Bertz CT molecular complexity index is 352. The molecule has 0 aliphatic heterocycles. The van der Waals surface area contributed by atoms with Gasteiger partial charge >= 0.3 is 0 Å². The summed E-state index contributed by atoms with van der Waals surface area (Å²) in [6.45, 7) is 3.61. The van der Waals surface area contributed by atoms with E-state index in [1.165, 1.54) is 6.07 Å². The highest BCUT2D eigenvalue weighted by atomic mass is 16.5. The number of phenolic OH excluding ortho intramolecular Hbond substituents is 1. The van der Waals surface area contributed by atoms with Crippen LogP contribution < -0.4 is 0 Å². The van der Waals surface area contributed by atoms with Gasteiger partial charge in [-0.25, -0.2) is 0 Å². The van der Waals surface area contributed by atoms with E-state index in [-0.39, 0.29) is 11.7 Å². The summed E-state index contributed by atoms with van der Waals surface area (Å²) in [4.78, 5) is 13.7. The van der Waals surface area contributed by atoms with Crippen LogP contribution in [-0.4, -0.2) is 42.7 Å². The standard InChI is InChI=1S/C12H17NO3/c1-3-13(7-8-16-2)12(15)10-5-4-6-11(14)9-10/h4-6,9,14H,3,7-8H2,1-2H3. The lowest BCUT2D eigenvalue weighted by Gasteiger charge is -2.20. The van der Waals surface area contributed by atoms with E-state index in [1.54, 1.807) is 30.2 Å². The van der Waals surface area contributed by atoms with Gasteiger partial charge in [0.25, 0.3) is 5.91 Å². The molecule has 0 radical (unpaired) electrons. The lowest BCUT2D eigenvalue weighted by atomic mass is 10.2. The fourth-order valence-corrected chi connectivity index (χ4v) is 1.43. The van der Waals surface area contributed by atoms with E-state index in [1.807, 2.05) is 6.92 Å². The maximum atomic E-state index is 12.0. The second kappa shape index (κ2) is 6.12. The number of hydrogen-bond donors (Lipinski definition) is 1. The molecule has 0 bridgehead atoms. The molecule has 0 saturated carbocycles. The summed E-state index contributed by atoms with van der Waals surface area (Å²) in [7, 11) is 1.60. The number of carbonyl (C=O) groups is 1. The van der Waals surface area contributed by atoms with Gasteiger partial charge in [0.05, 0.1) is 6.61 Å². The van der Waals surface area contributed by atoms with Crippen molar-refractivity contribution in [1.82, 2.24) is 4.90 Å². The van der Waals surface area contributed by atoms with Gasteiger partial charge in [-0.1, -0.05) is 6.07 Å². The third kappa shape index (κ3) is 3.24. The van der Waals surface area contributed by atoms with E-state index in [2.05, 4.69) is 0 Å². The van der Waals surface area contributed by atoms with Gasteiger partial charge in [0.15, 0.2) is 0 Å². The van der Waals surface area contributed by atoms with Crippen molar-refractivity contribution in [3.05, 3.63) is 29.8 Å². The zero-order chi connectivity index (χ0) is 12.0. The van der Waals surface area contributed by atoms with E-state index < -0.39 is 0 Å². The highest BCUT2D eigenvalue weighted by molar-refractivity contribution is 5.94. The number of carbonyl (C=O) groups excluding carboxylic acids is 1. The lowest BCUT2D eigenvalue weighted by Crippen LogP contribution is -2.33. The smallest absolute Gasteiger partial charge is 0.254 e. The number of nitrogens with zero attached hydrogens (tertiary/aromatic N) is 1. The molecule has 1 aromatic rings. The van der Waals surface area contributed by atoms with E-state index in [0.29, 0.717) is 25.3 Å². The molecular formula is C12H17NO3. The number of rotatable bonds is 5. The summed E-state index contributed by atoms with van der Waals surface area (Å²) in [5.41, 5.74) is 0.498. The van der Waals surface area contributed by atoms with Crippen LogP contribution in [0.15, 0.2) is 24.3 Å². The third-order valence-electron chi connectivity index (χ3n) is 2.33. The van der Waals surface area contributed by atoms with Gasteiger partial charge in [-0.05, 0) is 25.1 Å².